The molecule has 3 rings (SSSR count). The van der Waals surface area contributed by atoms with Gasteiger partial charge in [0.25, 0.3) is 0 Å². The van der Waals surface area contributed by atoms with Gasteiger partial charge in [0.1, 0.15) is 10.7 Å². The number of rotatable bonds is 3. The van der Waals surface area contributed by atoms with E-state index in [9.17, 15) is 12.8 Å². The second-order valence-electron chi connectivity index (χ2n) is 5.33. The number of nitrogens with zero attached hydrogens (tertiary/aromatic N) is 1. The summed E-state index contributed by atoms with van der Waals surface area (Å²) in [7, 11) is -3.60. The maximum atomic E-state index is 14.2. The third-order valence-corrected chi connectivity index (χ3v) is 5.17. The molecule has 0 aliphatic heterocycles. The van der Waals surface area contributed by atoms with Crippen molar-refractivity contribution in [3.05, 3.63) is 71.1 Å². The van der Waals surface area contributed by atoms with Gasteiger partial charge < -0.3 is 0 Å². The van der Waals surface area contributed by atoms with E-state index in [2.05, 4.69) is 20.9 Å². The highest BCUT2D eigenvalue weighted by atomic mass is 79.9. The van der Waals surface area contributed by atoms with Crippen molar-refractivity contribution in [3.8, 4) is 22.4 Å². The number of sulfone groups is 1. The molecular weight excluding hydrogens is 393 g/mol. The highest BCUT2D eigenvalue weighted by Gasteiger charge is 2.16. The van der Waals surface area contributed by atoms with Crippen LogP contribution in [0.1, 0.15) is 0 Å². The summed E-state index contributed by atoms with van der Waals surface area (Å²) in [6, 6.07) is 15.5. The predicted octanol–water partition coefficient (Wildman–Crippen LogP) is 4.72. The molecule has 0 saturated carbocycles. The Bertz CT molecular complexity index is 1020. The topological polar surface area (TPSA) is 47.0 Å². The molecule has 0 spiro atoms. The van der Waals surface area contributed by atoms with E-state index in [4.69, 9.17) is 0 Å². The molecule has 0 bridgehead atoms. The lowest BCUT2D eigenvalue weighted by atomic mass is 9.99. The quantitative estimate of drug-likeness (QED) is 0.633. The monoisotopic (exact) mass is 405 g/mol. The molecule has 3 nitrogen and oxygen atoms in total. The Kier molecular flexibility index (Phi) is 4.51. The molecule has 6 heteroatoms. The lowest BCUT2D eigenvalue weighted by Crippen LogP contribution is -2.01. The molecule has 0 unspecified atom stereocenters. The van der Waals surface area contributed by atoms with E-state index >= 15 is 0 Å². The first-order valence-corrected chi connectivity index (χ1v) is 9.75. The third-order valence-electron chi connectivity index (χ3n) is 3.55. The summed E-state index contributed by atoms with van der Waals surface area (Å²) >= 11 is 3.44. The van der Waals surface area contributed by atoms with Gasteiger partial charge in [0.2, 0.25) is 0 Å². The van der Waals surface area contributed by atoms with Crippen molar-refractivity contribution >= 4 is 25.8 Å². The maximum Gasteiger partial charge on any atom is 0.178 e. The minimum Gasteiger partial charge on any atom is -0.256 e. The third kappa shape index (κ3) is 3.39. The minimum absolute atomic E-state index is 0.314. The van der Waals surface area contributed by atoms with Crippen LogP contribution in [0, 0.1) is 5.82 Å². The molecule has 0 aliphatic carbocycles. The summed E-state index contributed by atoms with van der Waals surface area (Å²) in [6.07, 6.45) is 2.61. The van der Waals surface area contributed by atoms with E-state index in [1.807, 2.05) is 30.3 Å². The first-order chi connectivity index (χ1) is 11.4. The van der Waals surface area contributed by atoms with Crippen molar-refractivity contribution in [3.63, 3.8) is 0 Å². The summed E-state index contributed by atoms with van der Waals surface area (Å²) in [4.78, 5) is 4.04. The van der Waals surface area contributed by atoms with Crippen LogP contribution >= 0.6 is 15.9 Å². The van der Waals surface area contributed by atoms with E-state index in [1.54, 1.807) is 18.3 Å². The molecule has 0 N–H and O–H groups in total. The van der Waals surface area contributed by atoms with Crippen molar-refractivity contribution in [2.75, 3.05) is 6.26 Å². The Balaban J connectivity index is 2.16. The number of aromatic nitrogens is 1. The second kappa shape index (κ2) is 6.45. The smallest absolute Gasteiger partial charge is 0.178 e. The van der Waals surface area contributed by atoms with E-state index in [0.717, 1.165) is 21.9 Å². The van der Waals surface area contributed by atoms with Crippen LogP contribution in [0.4, 0.5) is 4.39 Å². The van der Waals surface area contributed by atoms with Crippen molar-refractivity contribution < 1.29 is 12.8 Å². The molecule has 0 fully saturated rings. The van der Waals surface area contributed by atoms with Crippen molar-refractivity contribution in [1.82, 2.24) is 4.98 Å². The van der Waals surface area contributed by atoms with Crippen LogP contribution in [0.3, 0.4) is 0 Å². The Morgan fingerprint density at radius 2 is 1.79 bits per heavy atom. The molecule has 24 heavy (non-hydrogen) atoms. The first-order valence-electron chi connectivity index (χ1n) is 7.07. The number of pyridine rings is 1. The summed E-state index contributed by atoms with van der Waals surface area (Å²) in [5.74, 6) is -0.777. The van der Waals surface area contributed by atoms with Crippen LogP contribution in [0.5, 0.6) is 0 Å². The molecule has 122 valence electrons. The zero-order valence-corrected chi connectivity index (χ0v) is 15.1. The molecule has 3 aromatic rings. The SMILES string of the molecule is CS(=O)(=O)c1ccc(-c2ncccc2-c2cccc(Br)c2)cc1F. The van der Waals surface area contributed by atoms with Gasteiger partial charge in [-0.25, -0.2) is 12.8 Å². The van der Waals surface area contributed by atoms with Crippen molar-refractivity contribution in [2.45, 2.75) is 4.90 Å². The van der Waals surface area contributed by atoms with E-state index in [0.29, 0.717) is 11.3 Å². The van der Waals surface area contributed by atoms with Gasteiger partial charge in [0, 0.05) is 28.1 Å². The lowest BCUT2D eigenvalue weighted by Gasteiger charge is -2.10. The molecule has 2 aromatic carbocycles. The van der Waals surface area contributed by atoms with Gasteiger partial charge >= 0.3 is 0 Å². The van der Waals surface area contributed by atoms with Gasteiger partial charge in [-0.3, -0.25) is 4.98 Å². The largest absolute Gasteiger partial charge is 0.256 e. The molecule has 0 atom stereocenters. The highest BCUT2D eigenvalue weighted by molar-refractivity contribution is 9.10. The fourth-order valence-electron chi connectivity index (χ4n) is 2.47. The molecular formula is C18H13BrFNO2S. The fourth-order valence-corrected chi connectivity index (χ4v) is 3.60. The summed E-state index contributed by atoms with van der Waals surface area (Å²) in [5.41, 5.74) is 2.88. The average molecular weight is 406 g/mol. The maximum absolute atomic E-state index is 14.2. The van der Waals surface area contributed by atoms with Gasteiger partial charge in [0.15, 0.2) is 9.84 Å². The van der Waals surface area contributed by atoms with Gasteiger partial charge in [-0.1, -0.05) is 40.2 Å². The standard InChI is InChI=1S/C18H13BrFNO2S/c1-24(22,23)17-8-7-13(11-16(17)20)18-15(6-3-9-21-18)12-4-2-5-14(19)10-12/h2-11H,1H3. The molecule has 1 aromatic heterocycles. The van der Waals surface area contributed by atoms with Gasteiger partial charge in [-0.15, -0.1) is 0 Å². The number of hydrogen-bond acceptors (Lipinski definition) is 3. The van der Waals surface area contributed by atoms with Crippen LogP contribution in [0.15, 0.2) is 70.2 Å². The van der Waals surface area contributed by atoms with Gasteiger partial charge in [-0.2, -0.15) is 0 Å². The fraction of sp³-hybridized carbons (Fsp3) is 0.0556. The Hall–Kier alpha value is -2.05. The lowest BCUT2D eigenvalue weighted by molar-refractivity contribution is 0.571. The van der Waals surface area contributed by atoms with Crippen molar-refractivity contribution in [2.24, 2.45) is 0 Å². The van der Waals surface area contributed by atoms with E-state index in [1.165, 1.54) is 12.1 Å². The second-order valence-corrected chi connectivity index (χ2v) is 8.23. The Labute approximate surface area is 148 Å². The first kappa shape index (κ1) is 16.8. The predicted molar refractivity (Wildman–Crippen MR) is 95.9 cm³/mol. The van der Waals surface area contributed by atoms with Crippen molar-refractivity contribution in [1.29, 1.82) is 0 Å². The van der Waals surface area contributed by atoms with E-state index in [-0.39, 0.29) is 4.90 Å². The van der Waals surface area contributed by atoms with E-state index < -0.39 is 15.7 Å². The van der Waals surface area contributed by atoms with Crippen LogP contribution in [-0.2, 0) is 9.84 Å². The average Bonchev–Trinajstić information content (AvgIpc) is 2.53. The summed E-state index contributed by atoms with van der Waals surface area (Å²) in [6.45, 7) is 0. The van der Waals surface area contributed by atoms with Crippen LogP contribution in [0.2, 0.25) is 0 Å². The molecule has 0 saturated heterocycles. The van der Waals surface area contributed by atoms with Crippen LogP contribution in [-0.4, -0.2) is 19.7 Å². The minimum atomic E-state index is -3.60. The number of halogens is 2. The van der Waals surface area contributed by atoms with Crippen LogP contribution in [0.25, 0.3) is 22.4 Å². The normalized spacial score (nSPS) is 11.5. The zero-order valence-electron chi connectivity index (χ0n) is 12.7. The zero-order chi connectivity index (χ0) is 17.3. The highest BCUT2D eigenvalue weighted by Crippen LogP contribution is 2.32. The number of hydrogen-bond donors (Lipinski definition) is 0. The van der Waals surface area contributed by atoms with Gasteiger partial charge in [0.05, 0.1) is 5.69 Å². The molecule has 1 heterocycles. The number of benzene rings is 2. The Morgan fingerprint density at radius 3 is 2.46 bits per heavy atom. The molecule has 0 aliphatic rings. The van der Waals surface area contributed by atoms with Crippen LogP contribution < -0.4 is 0 Å². The summed E-state index contributed by atoms with van der Waals surface area (Å²) in [5, 5.41) is 0. The molecule has 0 radical (unpaired) electrons. The Morgan fingerprint density at radius 1 is 1.00 bits per heavy atom. The van der Waals surface area contributed by atoms with Gasteiger partial charge in [-0.05, 0) is 35.9 Å². The summed E-state index contributed by atoms with van der Waals surface area (Å²) < 4.78 is 38.3. The molecule has 0 amide bonds.